The largest absolute Gasteiger partial charge is 0.365 e. The molecular weight excluding hydrogens is 350 g/mol. The van der Waals surface area contributed by atoms with Gasteiger partial charge in [0.2, 0.25) is 5.91 Å². The van der Waals surface area contributed by atoms with E-state index < -0.39 is 0 Å². The van der Waals surface area contributed by atoms with Crippen molar-refractivity contribution >= 4 is 11.6 Å². The molecule has 0 atom stereocenters. The summed E-state index contributed by atoms with van der Waals surface area (Å²) in [6.45, 7) is 7.22. The fourth-order valence-electron chi connectivity index (χ4n) is 3.86. The zero-order valence-electron chi connectivity index (χ0n) is 16.4. The first-order chi connectivity index (χ1) is 13.6. The molecule has 1 aliphatic rings. The monoisotopic (exact) mass is 375 g/mol. The number of amides is 1. The fourth-order valence-corrected chi connectivity index (χ4v) is 3.86. The number of carbonyl (C=O) groups excluding carboxylic acids is 1. The number of piperazine rings is 1. The van der Waals surface area contributed by atoms with Crippen molar-refractivity contribution in [3.63, 3.8) is 0 Å². The molecule has 1 saturated heterocycles. The molecule has 1 aromatic carbocycles. The SMILES string of the molecule is Cc1nn(-c2ccccn2)c(C)c1N1CCN(C(=O)Cc2ccccc2)CC1. The normalized spacial score (nSPS) is 14.4. The Morgan fingerprint density at radius 2 is 1.68 bits per heavy atom. The maximum Gasteiger partial charge on any atom is 0.227 e. The van der Waals surface area contributed by atoms with Crippen LogP contribution in [0.2, 0.25) is 0 Å². The molecular formula is C22H25N5O. The quantitative estimate of drug-likeness (QED) is 0.704. The summed E-state index contributed by atoms with van der Waals surface area (Å²) in [5.74, 6) is 1.02. The molecule has 0 radical (unpaired) electrons. The van der Waals surface area contributed by atoms with Gasteiger partial charge in [-0.15, -0.1) is 0 Å². The van der Waals surface area contributed by atoms with E-state index in [1.807, 2.05) is 65.0 Å². The number of hydrogen-bond donors (Lipinski definition) is 0. The lowest BCUT2D eigenvalue weighted by atomic mass is 10.1. The Morgan fingerprint density at radius 1 is 0.964 bits per heavy atom. The number of carbonyl (C=O) groups is 1. The van der Waals surface area contributed by atoms with Gasteiger partial charge in [0.05, 0.1) is 23.5 Å². The van der Waals surface area contributed by atoms with Gasteiger partial charge in [0, 0.05) is 32.4 Å². The molecule has 0 N–H and O–H groups in total. The zero-order valence-corrected chi connectivity index (χ0v) is 16.4. The van der Waals surface area contributed by atoms with E-state index in [1.165, 1.54) is 0 Å². The van der Waals surface area contributed by atoms with Gasteiger partial charge in [0.1, 0.15) is 0 Å². The predicted molar refractivity (Wildman–Crippen MR) is 110 cm³/mol. The van der Waals surface area contributed by atoms with Crippen molar-refractivity contribution in [1.29, 1.82) is 0 Å². The zero-order chi connectivity index (χ0) is 19.5. The minimum atomic E-state index is 0.198. The summed E-state index contributed by atoms with van der Waals surface area (Å²) in [7, 11) is 0. The molecule has 3 heterocycles. The molecule has 0 bridgehead atoms. The van der Waals surface area contributed by atoms with Crippen LogP contribution in [0.4, 0.5) is 5.69 Å². The van der Waals surface area contributed by atoms with Crippen molar-refractivity contribution in [2.75, 3.05) is 31.1 Å². The Bertz CT molecular complexity index is 944. The summed E-state index contributed by atoms with van der Waals surface area (Å²) in [6, 6.07) is 15.8. The Kier molecular flexibility index (Phi) is 5.10. The summed E-state index contributed by atoms with van der Waals surface area (Å²) in [4.78, 5) is 21.3. The van der Waals surface area contributed by atoms with Crippen LogP contribution in [0, 0.1) is 13.8 Å². The molecule has 6 heteroatoms. The Hall–Kier alpha value is -3.15. The third kappa shape index (κ3) is 3.63. The molecule has 0 aliphatic carbocycles. The number of aromatic nitrogens is 3. The van der Waals surface area contributed by atoms with Gasteiger partial charge >= 0.3 is 0 Å². The van der Waals surface area contributed by atoms with E-state index in [0.717, 1.165) is 54.6 Å². The highest BCUT2D eigenvalue weighted by atomic mass is 16.2. The van der Waals surface area contributed by atoms with E-state index in [-0.39, 0.29) is 5.91 Å². The van der Waals surface area contributed by atoms with Gasteiger partial charge < -0.3 is 9.80 Å². The van der Waals surface area contributed by atoms with E-state index in [1.54, 1.807) is 6.20 Å². The van der Waals surface area contributed by atoms with Crippen LogP contribution in [0.15, 0.2) is 54.7 Å². The van der Waals surface area contributed by atoms with Crippen LogP contribution in [0.5, 0.6) is 0 Å². The van der Waals surface area contributed by atoms with Crippen LogP contribution in [-0.2, 0) is 11.2 Å². The second-order valence-corrected chi connectivity index (χ2v) is 7.15. The number of rotatable bonds is 4. The van der Waals surface area contributed by atoms with Crippen molar-refractivity contribution in [2.45, 2.75) is 20.3 Å². The molecule has 1 fully saturated rings. The van der Waals surface area contributed by atoms with Crippen LogP contribution >= 0.6 is 0 Å². The van der Waals surface area contributed by atoms with Gasteiger partial charge in [-0.25, -0.2) is 9.67 Å². The van der Waals surface area contributed by atoms with Crippen molar-refractivity contribution in [1.82, 2.24) is 19.7 Å². The minimum Gasteiger partial charge on any atom is -0.365 e. The molecule has 1 amide bonds. The number of aryl methyl sites for hydroxylation is 1. The van der Waals surface area contributed by atoms with Gasteiger partial charge in [-0.2, -0.15) is 5.10 Å². The predicted octanol–water partition coefficient (Wildman–Crippen LogP) is 2.78. The van der Waals surface area contributed by atoms with E-state index in [9.17, 15) is 4.79 Å². The molecule has 2 aromatic heterocycles. The Morgan fingerprint density at radius 3 is 2.36 bits per heavy atom. The standard InChI is InChI=1S/C22H25N5O/c1-17-22(18(2)27(24-17)20-10-6-7-11-23-20)26-14-12-25(13-15-26)21(28)16-19-8-4-3-5-9-19/h3-11H,12-16H2,1-2H3. The van der Waals surface area contributed by atoms with Crippen LogP contribution < -0.4 is 4.90 Å². The molecule has 3 aromatic rings. The van der Waals surface area contributed by atoms with Gasteiger partial charge in [-0.3, -0.25) is 4.79 Å². The third-order valence-electron chi connectivity index (χ3n) is 5.27. The highest BCUT2D eigenvalue weighted by molar-refractivity contribution is 5.79. The molecule has 4 rings (SSSR count). The summed E-state index contributed by atoms with van der Waals surface area (Å²) >= 11 is 0. The molecule has 144 valence electrons. The van der Waals surface area contributed by atoms with Crippen LogP contribution in [-0.4, -0.2) is 51.8 Å². The smallest absolute Gasteiger partial charge is 0.227 e. The first-order valence-electron chi connectivity index (χ1n) is 9.68. The number of hydrogen-bond acceptors (Lipinski definition) is 4. The summed E-state index contributed by atoms with van der Waals surface area (Å²) < 4.78 is 1.90. The Balaban J connectivity index is 1.44. The van der Waals surface area contributed by atoms with Crippen molar-refractivity contribution in [2.24, 2.45) is 0 Å². The lowest BCUT2D eigenvalue weighted by Gasteiger charge is -2.36. The maximum absolute atomic E-state index is 12.6. The van der Waals surface area contributed by atoms with Crippen molar-refractivity contribution in [3.8, 4) is 5.82 Å². The fraction of sp³-hybridized carbons (Fsp3) is 0.318. The lowest BCUT2D eigenvalue weighted by Crippen LogP contribution is -2.49. The molecule has 1 aliphatic heterocycles. The number of benzene rings is 1. The maximum atomic E-state index is 12.6. The summed E-state index contributed by atoms with van der Waals surface area (Å²) in [6.07, 6.45) is 2.25. The molecule has 0 saturated carbocycles. The van der Waals surface area contributed by atoms with E-state index in [2.05, 4.69) is 16.8 Å². The topological polar surface area (TPSA) is 54.3 Å². The number of anilines is 1. The van der Waals surface area contributed by atoms with Crippen molar-refractivity contribution in [3.05, 3.63) is 71.7 Å². The molecule has 0 unspecified atom stereocenters. The van der Waals surface area contributed by atoms with Gasteiger partial charge in [-0.1, -0.05) is 36.4 Å². The van der Waals surface area contributed by atoms with Gasteiger partial charge in [0.15, 0.2) is 5.82 Å². The van der Waals surface area contributed by atoms with Gasteiger partial charge in [0.25, 0.3) is 0 Å². The van der Waals surface area contributed by atoms with E-state index in [4.69, 9.17) is 5.10 Å². The Labute approximate surface area is 165 Å². The average Bonchev–Trinajstić information content (AvgIpc) is 3.03. The molecule has 0 spiro atoms. The second-order valence-electron chi connectivity index (χ2n) is 7.15. The lowest BCUT2D eigenvalue weighted by molar-refractivity contribution is -0.130. The highest BCUT2D eigenvalue weighted by Gasteiger charge is 2.25. The van der Waals surface area contributed by atoms with E-state index in [0.29, 0.717) is 6.42 Å². The first kappa shape index (κ1) is 18.2. The van der Waals surface area contributed by atoms with Crippen molar-refractivity contribution < 1.29 is 4.79 Å². The van der Waals surface area contributed by atoms with Crippen LogP contribution in [0.1, 0.15) is 17.0 Å². The van der Waals surface area contributed by atoms with Gasteiger partial charge in [-0.05, 0) is 31.5 Å². The average molecular weight is 375 g/mol. The van der Waals surface area contributed by atoms with Crippen LogP contribution in [0.25, 0.3) is 5.82 Å². The summed E-state index contributed by atoms with van der Waals surface area (Å²) in [5.41, 5.74) is 4.30. The third-order valence-corrected chi connectivity index (χ3v) is 5.27. The minimum absolute atomic E-state index is 0.198. The number of nitrogens with zero attached hydrogens (tertiary/aromatic N) is 5. The number of pyridine rings is 1. The molecule has 6 nitrogen and oxygen atoms in total. The van der Waals surface area contributed by atoms with E-state index >= 15 is 0 Å². The second kappa shape index (κ2) is 7.84. The summed E-state index contributed by atoms with van der Waals surface area (Å²) in [5, 5.41) is 4.70. The highest BCUT2D eigenvalue weighted by Crippen LogP contribution is 2.27. The molecule has 28 heavy (non-hydrogen) atoms. The van der Waals surface area contributed by atoms with Crippen LogP contribution in [0.3, 0.4) is 0 Å². The first-order valence-corrected chi connectivity index (χ1v) is 9.68.